The van der Waals surface area contributed by atoms with E-state index in [2.05, 4.69) is 10.3 Å². The van der Waals surface area contributed by atoms with Gasteiger partial charge in [-0.1, -0.05) is 25.0 Å². The van der Waals surface area contributed by atoms with Crippen molar-refractivity contribution in [3.8, 4) is 0 Å². The molecular weight excluding hydrogens is 326 g/mol. The summed E-state index contributed by atoms with van der Waals surface area (Å²) in [5.41, 5.74) is 3.17. The minimum Gasteiger partial charge on any atom is -0.353 e. The minimum absolute atomic E-state index is 0.00847. The average Bonchev–Trinajstić information content (AvgIpc) is 3.22. The van der Waals surface area contributed by atoms with Gasteiger partial charge in [0.25, 0.3) is 5.91 Å². The Labute approximate surface area is 153 Å². The van der Waals surface area contributed by atoms with E-state index in [9.17, 15) is 9.59 Å². The van der Waals surface area contributed by atoms with Gasteiger partial charge in [0.05, 0.1) is 23.7 Å². The highest BCUT2D eigenvalue weighted by molar-refractivity contribution is 6.11. The van der Waals surface area contributed by atoms with Crippen LogP contribution in [0.5, 0.6) is 0 Å². The number of aryl methyl sites for hydroxylation is 1. The van der Waals surface area contributed by atoms with E-state index in [-0.39, 0.29) is 30.3 Å². The second-order valence-corrected chi connectivity index (χ2v) is 7.22. The Morgan fingerprint density at radius 1 is 1.23 bits per heavy atom. The van der Waals surface area contributed by atoms with Crippen LogP contribution in [0.2, 0.25) is 0 Å². The van der Waals surface area contributed by atoms with Crippen LogP contribution in [-0.2, 0) is 4.79 Å². The van der Waals surface area contributed by atoms with Crippen molar-refractivity contribution in [2.45, 2.75) is 51.1 Å². The normalized spacial score (nSPS) is 19.7. The molecule has 1 aromatic heterocycles. The lowest BCUT2D eigenvalue weighted by Crippen LogP contribution is -2.36. The van der Waals surface area contributed by atoms with Gasteiger partial charge in [0.2, 0.25) is 5.91 Å². The third-order valence-electron chi connectivity index (χ3n) is 5.29. The number of hydrogen-bond donors (Lipinski definition) is 1. The first-order valence-electron chi connectivity index (χ1n) is 9.28. The largest absolute Gasteiger partial charge is 0.353 e. The summed E-state index contributed by atoms with van der Waals surface area (Å²) in [6.45, 7) is 2.00. The van der Waals surface area contributed by atoms with Gasteiger partial charge in [0.1, 0.15) is 0 Å². The molecule has 1 saturated carbocycles. The fourth-order valence-electron chi connectivity index (χ4n) is 4.05. The number of hydrogen-bond acceptors (Lipinski definition) is 3. The number of fused-ring (bicyclic) bond motifs is 1. The Balaban J connectivity index is 1.63. The second-order valence-electron chi connectivity index (χ2n) is 7.22. The number of amides is 2. The lowest BCUT2D eigenvalue weighted by atomic mass is 10.1. The van der Waals surface area contributed by atoms with Gasteiger partial charge in [-0.15, -0.1) is 0 Å². The molecule has 0 unspecified atom stereocenters. The summed E-state index contributed by atoms with van der Waals surface area (Å²) in [6, 6.07) is 11.3. The predicted octanol–water partition coefficient (Wildman–Crippen LogP) is 3.54. The molecule has 5 nitrogen and oxygen atoms in total. The molecule has 1 atom stereocenters. The van der Waals surface area contributed by atoms with Gasteiger partial charge >= 0.3 is 0 Å². The first-order chi connectivity index (χ1) is 12.6. The predicted molar refractivity (Wildman–Crippen MR) is 100.0 cm³/mol. The van der Waals surface area contributed by atoms with Gasteiger partial charge in [-0.05, 0) is 49.6 Å². The maximum Gasteiger partial charge on any atom is 0.260 e. The van der Waals surface area contributed by atoms with Gasteiger partial charge in [0, 0.05) is 17.9 Å². The maximum absolute atomic E-state index is 13.0. The van der Waals surface area contributed by atoms with Crippen molar-refractivity contribution >= 4 is 17.5 Å². The number of aromatic nitrogens is 1. The van der Waals surface area contributed by atoms with Crippen LogP contribution in [0.25, 0.3) is 0 Å². The third-order valence-corrected chi connectivity index (χ3v) is 5.29. The number of pyridine rings is 1. The van der Waals surface area contributed by atoms with Crippen molar-refractivity contribution in [2.75, 3.05) is 4.90 Å². The monoisotopic (exact) mass is 349 g/mol. The topological polar surface area (TPSA) is 62.3 Å². The molecule has 0 saturated heterocycles. The van der Waals surface area contributed by atoms with E-state index in [0.29, 0.717) is 11.3 Å². The number of carbonyl (C=O) groups is 2. The van der Waals surface area contributed by atoms with Crippen molar-refractivity contribution in [2.24, 2.45) is 0 Å². The molecule has 0 spiro atoms. The quantitative estimate of drug-likeness (QED) is 0.918. The van der Waals surface area contributed by atoms with Gasteiger partial charge in [-0.25, -0.2) is 0 Å². The lowest BCUT2D eigenvalue weighted by molar-refractivity contribution is -0.122. The summed E-state index contributed by atoms with van der Waals surface area (Å²) in [4.78, 5) is 31.8. The van der Waals surface area contributed by atoms with E-state index in [4.69, 9.17) is 0 Å². The first-order valence-corrected chi connectivity index (χ1v) is 9.28. The highest BCUT2D eigenvalue weighted by Gasteiger charge is 2.40. The van der Waals surface area contributed by atoms with Gasteiger partial charge < -0.3 is 5.32 Å². The Morgan fingerprint density at radius 2 is 2.04 bits per heavy atom. The van der Waals surface area contributed by atoms with Crippen molar-refractivity contribution < 1.29 is 9.59 Å². The number of rotatable bonds is 4. The standard InChI is InChI=1S/C21H23N3O2/c1-14-6-4-9-16(12-14)24-18(13-19(25)23-15-7-2-3-8-15)20-17(21(24)26)10-5-11-22-20/h4-6,9-12,15,18H,2-3,7-8,13H2,1H3,(H,23,25)/t18-/m1/s1. The average molecular weight is 349 g/mol. The van der Waals surface area contributed by atoms with Gasteiger partial charge in [0.15, 0.2) is 0 Å². The highest BCUT2D eigenvalue weighted by Crippen LogP contribution is 2.38. The summed E-state index contributed by atoms with van der Waals surface area (Å²) in [6.07, 6.45) is 6.37. The molecule has 1 N–H and O–H groups in total. The molecule has 26 heavy (non-hydrogen) atoms. The van der Waals surface area contributed by atoms with Crippen LogP contribution >= 0.6 is 0 Å². The molecule has 2 heterocycles. The molecular formula is C21H23N3O2. The minimum atomic E-state index is -0.359. The molecule has 134 valence electrons. The zero-order valence-corrected chi connectivity index (χ0v) is 14.9. The maximum atomic E-state index is 13.0. The number of carbonyl (C=O) groups excluding carboxylic acids is 2. The molecule has 1 fully saturated rings. The molecule has 1 aliphatic carbocycles. The molecule has 2 aliphatic rings. The van der Waals surface area contributed by atoms with Crippen molar-refractivity contribution in [3.05, 3.63) is 59.4 Å². The Kier molecular flexibility index (Phi) is 4.45. The molecule has 2 aromatic rings. The Hall–Kier alpha value is -2.69. The smallest absolute Gasteiger partial charge is 0.260 e. The fourth-order valence-corrected chi connectivity index (χ4v) is 4.05. The first kappa shape index (κ1) is 16.8. The van der Waals surface area contributed by atoms with Crippen molar-refractivity contribution in [1.82, 2.24) is 10.3 Å². The van der Waals surface area contributed by atoms with E-state index < -0.39 is 0 Å². The molecule has 0 radical (unpaired) electrons. The molecule has 0 bridgehead atoms. The SMILES string of the molecule is Cc1cccc(N2C(=O)c3cccnc3[C@H]2CC(=O)NC2CCCC2)c1. The second kappa shape index (κ2) is 6.90. The highest BCUT2D eigenvalue weighted by atomic mass is 16.2. The zero-order chi connectivity index (χ0) is 18.1. The molecule has 1 aliphatic heterocycles. The summed E-state index contributed by atoms with van der Waals surface area (Å²) >= 11 is 0. The van der Waals surface area contributed by atoms with Crippen LogP contribution < -0.4 is 10.2 Å². The van der Waals surface area contributed by atoms with Crippen LogP contribution in [0.15, 0.2) is 42.6 Å². The summed E-state index contributed by atoms with van der Waals surface area (Å²) < 4.78 is 0. The van der Waals surface area contributed by atoms with Gasteiger partial charge in [-0.3, -0.25) is 19.5 Å². The van der Waals surface area contributed by atoms with E-state index in [1.165, 1.54) is 12.8 Å². The molecule has 4 rings (SSSR count). The van der Waals surface area contributed by atoms with E-state index >= 15 is 0 Å². The number of nitrogens with zero attached hydrogens (tertiary/aromatic N) is 2. The number of benzene rings is 1. The molecule has 5 heteroatoms. The Morgan fingerprint density at radius 3 is 2.81 bits per heavy atom. The molecule has 2 amide bonds. The lowest BCUT2D eigenvalue weighted by Gasteiger charge is -2.25. The van der Waals surface area contributed by atoms with E-state index in [1.807, 2.05) is 31.2 Å². The van der Waals surface area contributed by atoms with E-state index in [0.717, 1.165) is 24.1 Å². The fraction of sp³-hybridized carbons (Fsp3) is 0.381. The van der Waals surface area contributed by atoms with Crippen LogP contribution in [-0.4, -0.2) is 22.8 Å². The van der Waals surface area contributed by atoms with Crippen LogP contribution in [0.3, 0.4) is 0 Å². The van der Waals surface area contributed by atoms with Gasteiger partial charge in [-0.2, -0.15) is 0 Å². The summed E-state index contributed by atoms with van der Waals surface area (Å²) in [5, 5.41) is 3.13. The number of nitrogens with one attached hydrogen (secondary N) is 1. The third kappa shape index (κ3) is 3.09. The van der Waals surface area contributed by atoms with Crippen molar-refractivity contribution in [1.29, 1.82) is 0 Å². The van der Waals surface area contributed by atoms with Crippen LogP contribution in [0, 0.1) is 6.92 Å². The number of anilines is 1. The summed E-state index contributed by atoms with van der Waals surface area (Å²) in [7, 11) is 0. The van der Waals surface area contributed by atoms with Crippen molar-refractivity contribution in [3.63, 3.8) is 0 Å². The van der Waals surface area contributed by atoms with Crippen LogP contribution in [0.1, 0.15) is 59.8 Å². The van der Waals surface area contributed by atoms with Crippen LogP contribution in [0.4, 0.5) is 5.69 Å². The molecule has 1 aromatic carbocycles. The Bertz CT molecular complexity index is 843. The zero-order valence-electron chi connectivity index (χ0n) is 14.9. The van der Waals surface area contributed by atoms with E-state index in [1.54, 1.807) is 23.2 Å². The summed E-state index contributed by atoms with van der Waals surface area (Å²) in [5.74, 6) is -0.0942.